The Hall–Kier alpha value is -6.43. The van der Waals surface area contributed by atoms with Gasteiger partial charge in [-0.3, -0.25) is 0 Å². The molecule has 0 bridgehead atoms. The van der Waals surface area contributed by atoms with Gasteiger partial charge in [0.05, 0.1) is 11.6 Å². The van der Waals surface area contributed by atoms with Gasteiger partial charge in [0.15, 0.2) is 0 Å². The number of allylic oxidation sites excluding steroid dienone is 6. The van der Waals surface area contributed by atoms with E-state index in [1.165, 1.54) is 61.8 Å². The summed E-state index contributed by atoms with van der Waals surface area (Å²) in [5.74, 6) is 0.350. The van der Waals surface area contributed by atoms with Crippen LogP contribution in [0.3, 0.4) is 0 Å². The maximum absolute atomic E-state index is 8.56. The van der Waals surface area contributed by atoms with Crippen LogP contribution in [-0.4, -0.2) is 0 Å². The largest absolute Gasteiger partial charge is 0.405 e. The molecule has 2 nitrogen and oxygen atoms in total. The van der Waals surface area contributed by atoms with Gasteiger partial charge in [-0.25, -0.2) is 0 Å². The van der Waals surface area contributed by atoms with E-state index in [-0.39, 0.29) is 0 Å². The molecule has 0 spiro atoms. The zero-order chi connectivity index (χ0) is 40.1. The first-order valence-corrected chi connectivity index (χ1v) is 19.7. The standard InChI is InChI=1S/C39H34.C10H9N.C3H7N.C2H6/c1-29(32-15-7-3-8-16-32)34-19-11-20-35(26-34)36-21-12-22-37(27-36)39-25-31(23-30-13-5-2-6-14-30)24-38(28-39)33-17-9-4-10-18-33;1-8(2)10-5-3-4-9(6-10)7-11;1-2-3-4;1-2/h3-5,7-22,24-29H,2,6,23H2,1H3;3-6H,1H2,2H3;2-3H,4H2,1H3;1-2H3/b;;3-2+;. The molecule has 0 radical (unpaired) electrons. The van der Waals surface area contributed by atoms with Crippen molar-refractivity contribution in [3.05, 3.63) is 222 Å². The third-order valence-corrected chi connectivity index (χ3v) is 9.47. The number of hydrogen-bond acceptors (Lipinski definition) is 2. The summed E-state index contributed by atoms with van der Waals surface area (Å²) in [5, 5.41) is 8.56. The molecular formula is C54H56N2. The van der Waals surface area contributed by atoms with E-state index in [0.717, 1.165) is 30.4 Å². The number of rotatable bonds is 8. The lowest BCUT2D eigenvalue weighted by Crippen LogP contribution is -1.96. The molecule has 0 aliphatic heterocycles. The van der Waals surface area contributed by atoms with Crippen LogP contribution < -0.4 is 5.73 Å². The molecule has 0 fully saturated rings. The maximum atomic E-state index is 8.56. The van der Waals surface area contributed by atoms with Crippen molar-refractivity contribution in [2.24, 2.45) is 5.73 Å². The highest BCUT2D eigenvalue weighted by Gasteiger charge is 2.11. The minimum absolute atomic E-state index is 0.350. The van der Waals surface area contributed by atoms with Gasteiger partial charge in [-0.15, -0.1) is 0 Å². The van der Waals surface area contributed by atoms with Crippen molar-refractivity contribution in [2.75, 3.05) is 0 Å². The van der Waals surface area contributed by atoms with E-state index in [1.807, 2.05) is 45.9 Å². The predicted octanol–water partition coefficient (Wildman–Crippen LogP) is 14.8. The van der Waals surface area contributed by atoms with Gasteiger partial charge in [-0.2, -0.15) is 5.26 Å². The topological polar surface area (TPSA) is 49.8 Å². The molecule has 6 aromatic carbocycles. The van der Waals surface area contributed by atoms with Crippen LogP contribution in [0.25, 0.3) is 39.0 Å². The van der Waals surface area contributed by atoms with Crippen molar-refractivity contribution < 1.29 is 0 Å². The second-order valence-electron chi connectivity index (χ2n) is 13.6. The Balaban J connectivity index is 0.000000343. The molecule has 1 aliphatic carbocycles. The van der Waals surface area contributed by atoms with Crippen molar-refractivity contribution in [3.8, 4) is 39.4 Å². The molecule has 7 rings (SSSR count). The maximum Gasteiger partial charge on any atom is 0.0991 e. The van der Waals surface area contributed by atoms with Crippen LogP contribution in [0, 0.1) is 11.3 Å². The monoisotopic (exact) mass is 732 g/mol. The van der Waals surface area contributed by atoms with Crippen LogP contribution in [0.2, 0.25) is 0 Å². The molecule has 2 heteroatoms. The second kappa shape index (κ2) is 22.7. The van der Waals surface area contributed by atoms with E-state index in [4.69, 9.17) is 11.0 Å². The zero-order valence-electron chi connectivity index (χ0n) is 33.8. The Bertz CT molecular complexity index is 2260. The van der Waals surface area contributed by atoms with Gasteiger partial charge in [0, 0.05) is 5.92 Å². The van der Waals surface area contributed by atoms with Crippen LogP contribution in [0.15, 0.2) is 194 Å². The van der Waals surface area contributed by atoms with Gasteiger partial charge in [-0.05, 0) is 125 Å². The van der Waals surface area contributed by atoms with Crippen molar-refractivity contribution in [3.63, 3.8) is 0 Å². The van der Waals surface area contributed by atoms with Crippen molar-refractivity contribution in [1.29, 1.82) is 5.26 Å². The molecule has 1 aliphatic rings. The SMILES string of the molecule is C/C=C/N.C=C(C)c1cccc(C#N)c1.CC.CC(c1ccccc1)c1cccc(-c2cccc(-c3cc(CC4=CCCC=C4)cc(-c4ccccc4)c3)c2)c1. The van der Waals surface area contributed by atoms with E-state index in [2.05, 4.69) is 165 Å². The lowest BCUT2D eigenvalue weighted by Gasteiger charge is -2.15. The molecular weight excluding hydrogens is 677 g/mol. The smallest absolute Gasteiger partial charge is 0.0991 e. The first-order valence-electron chi connectivity index (χ1n) is 19.7. The van der Waals surface area contributed by atoms with Crippen molar-refractivity contribution in [2.45, 2.75) is 59.8 Å². The van der Waals surface area contributed by atoms with Crippen LogP contribution in [0.4, 0.5) is 0 Å². The van der Waals surface area contributed by atoms with Gasteiger partial charge in [0.25, 0.3) is 0 Å². The Morgan fingerprint density at radius 3 is 1.82 bits per heavy atom. The van der Waals surface area contributed by atoms with Crippen LogP contribution >= 0.6 is 0 Å². The highest BCUT2D eigenvalue weighted by molar-refractivity contribution is 5.78. The third kappa shape index (κ3) is 12.6. The fourth-order valence-electron chi connectivity index (χ4n) is 6.45. The number of nitrogens with two attached hydrogens (primary N) is 1. The van der Waals surface area contributed by atoms with E-state index in [1.54, 1.807) is 12.1 Å². The molecule has 0 saturated carbocycles. The highest BCUT2D eigenvalue weighted by atomic mass is 14.5. The van der Waals surface area contributed by atoms with Crippen LogP contribution in [-0.2, 0) is 6.42 Å². The molecule has 6 aromatic rings. The Morgan fingerprint density at radius 2 is 1.21 bits per heavy atom. The summed E-state index contributed by atoms with van der Waals surface area (Å²) in [5.41, 5.74) is 20.6. The number of hydrogen-bond donors (Lipinski definition) is 1. The first kappa shape index (κ1) is 42.3. The number of benzene rings is 6. The lowest BCUT2D eigenvalue weighted by atomic mass is 9.89. The normalized spacial score (nSPS) is 12.0. The van der Waals surface area contributed by atoms with Crippen molar-refractivity contribution in [1.82, 2.24) is 0 Å². The summed E-state index contributed by atoms with van der Waals surface area (Å²) >= 11 is 0. The van der Waals surface area contributed by atoms with Gasteiger partial charge in [0.1, 0.15) is 0 Å². The van der Waals surface area contributed by atoms with E-state index >= 15 is 0 Å². The summed E-state index contributed by atoms with van der Waals surface area (Å²) in [6.07, 6.45) is 13.5. The van der Waals surface area contributed by atoms with Crippen molar-refractivity contribution >= 4 is 5.57 Å². The minimum Gasteiger partial charge on any atom is -0.405 e. The summed E-state index contributed by atoms with van der Waals surface area (Å²) in [4.78, 5) is 0. The van der Waals surface area contributed by atoms with Crippen LogP contribution in [0.5, 0.6) is 0 Å². The fraction of sp³-hybridized carbons (Fsp3) is 0.167. The van der Waals surface area contributed by atoms with E-state index < -0.39 is 0 Å². The lowest BCUT2D eigenvalue weighted by molar-refractivity contribution is 0.923. The number of nitriles is 1. The molecule has 0 saturated heterocycles. The second-order valence-corrected chi connectivity index (χ2v) is 13.6. The van der Waals surface area contributed by atoms with Gasteiger partial charge < -0.3 is 5.73 Å². The molecule has 1 atom stereocenters. The summed E-state index contributed by atoms with van der Waals surface area (Å²) < 4.78 is 0. The molecule has 2 N–H and O–H groups in total. The predicted molar refractivity (Wildman–Crippen MR) is 243 cm³/mol. The Labute approximate surface area is 336 Å². The Kier molecular flexibility index (Phi) is 17.2. The fourth-order valence-corrected chi connectivity index (χ4v) is 6.45. The van der Waals surface area contributed by atoms with Crippen LogP contribution in [0.1, 0.15) is 81.2 Å². The summed E-state index contributed by atoms with van der Waals surface area (Å²) in [6.45, 7) is 13.9. The molecule has 56 heavy (non-hydrogen) atoms. The minimum atomic E-state index is 0.350. The van der Waals surface area contributed by atoms with E-state index in [0.29, 0.717) is 11.5 Å². The average molecular weight is 733 g/mol. The number of nitrogens with zero attached hydrogens (tertiary/aromatic N) is 1. The van der Waals surface area contributed by atoms with E-state index in [9.17, 15) is 0 Å². The molecule has 0 heterocycles. The average Bonchev–Trinajstić information content (AvgIpc) is 3.28. The summed E-state index contributed by atoms with van der Waals surface area (Å²) in [6, 6.07) is 56.1. The molecule has 1 unspecified atom stereocenters. The third-order valence-electron chi connectivity index (χ3n) is 9.47. The quantitative estimate of drug-likeness (QED) is 0.169. The van der Waals surface area contributed by atoms with Gasteiger partial charge in [-0.1, -0.05) is 185 Å². The van der Waals surface area contributed by atoms with Gasteiger partial charge in [0.2, 0.25) is 0 Å². The zero-order valence-corrected chi connectivity index (χ0v) is 33.8. The molecule has 0 aromatic heterocycles. The molecule has 282 valence electrons. The summed E-state index contributed by atoms with van der Waals surface area (Å²) in [7, 11) is 0. The Morgan fingerprint density at radius 1 is 0.679 bits per heavy atom. The first-order chi connectivity index (χ1) is 27.4. The highest BCUT2D eigenvalue weighted by Crippen LogP contribution is 2.34. The van der Waals surface area contributed by atoms with Gasteiger partial charge >= 0.3 is 0 Å². The molecule has 0 amide bonds.